The Morgan fingerprint density at radius 3 is 2.48 bits per heavy atom. The van der Waals surface area contributed by atoms with E-state index in [1.807, 2.05) is 19.2 Å². The maximum absolute atomic E-state index is 13.4. The predicted molar refractivity (Wildman–Crippen MR) is 168 cm³/mol. The van der Waals surface area contributed by atoms with Crippen molar-refractivity contribution in [3.63, 3.8) is 0 Å². The number of ether oxygens (including phenoxy) is 3. The highest BCUT2D eigenvalue weighted by molar-refractivity contribution is 7.12. The molecule has 44 heavy (non-hydrogen) atoms. The van der Waals surface area contributed by atoms with Crippen LogP contribution in [-0.2, 0) is 30.2 Å². The molecule has 1 aromatic carbocycles. The van der Waals surface area contributed by atoms with Crippen LogP contribution >= 0.6 is 11.3 Å². The molecule has 10 nitrogen and oxygen atoms in total. The normalized spacial score (nSPS) is 15.2. The molecule has 0 fully saturated rings. The number of hydrogen-bond donors (Lipinski definition) is 1. The number of carbonyl (C=O) groups excluding carboxylic acids is 2. The fourth-order valence-electron chi connectivity index (χ4n) is 4.95. The van der Waals surface area contributed by atoms with Gasteiger partial charge in [-0.2, -0.15) is 0 Å². The Labute approximate surface area is 260 Å². The average Bonchev–Trinajstić information content (AvgIpc) is 3.43. The van der Waals surface area contributed by atoms with Crippen molar-refractivity contribution >= 4 is 35.0 Å². The number of nitro benzene ring substituents is 1. The SMILES string of the molecule is CCOC(=O)C1=C(C)NC(C)=C(C(=O)OCCOC/C(C)=C/c2ccc(Cc3cccnc3)s2)C1c1cccc([N+](=O)[O-])c1. The largest absolute Gasteiger partial charge is 0.463 e. The summed E-state index contributed by atoms with van der Waals surface area (Å²) in [5.41, 5.74) is 3.78. The molecule has 0 radical (unpaired) electrons. The fourth-order valence-corrected chi connectivity index (χ4v) is 6.03. The van der Waals surface area contributed by atoms with Crippen LogP contribution in [0, 0.1) is 10.1 Å². The van der Waals surface area contributed by atoms with E-state index >= 15 is 0 Å². The van der Waals surface area contributed by atoms with E-state index in [0.717, 1.165) is 22.4 Å². The molecular formula is C33H35N3O7S. The van der Waals surface area contributed by atoms with Crippen LogP contribution in [-0.4, -0.2) is 48.3 Å². The summed E-state index contributed by atoms with van der Waals surface area (Å²) in [6, 6.07) is 14.1. The molecule has 1 atom stereocenters. The Balaban J connectivity index is 1.38. The van der Waals surface area contributed by atoms with Crippen LogP contribution in [0.1, 0.15) is 54.5 Å². The lowest BCUT2D eigenvalue weighted by Gasteiger charge is -2.30. The van der Waals surface area contributed by atoms with Gasteiger partial charge in [-0.25, -0.2) is 9.59 Å². The first-order chi connectivity index (χ1) is 21.2. The highest BCUT2D eigenvalue weighted by Crippen LogP contribution is 2.40. The Morgan fingerprint density at radius 2 is 1.80 bits per heavy atom. The lowest BCUT2D eigenvalue weighted by atomic mass is 9.80. The summed E-state index contributed by atoms with van der Waals surface area (Å²) < 4.78 is 16.6. The van der Waals surface area contributed by atoms with Crippen LogP contribution in [0.4, 0.5) is 5.69 Å². The Kier molecular flexibility index (Phi) is 11.2. The van der Waals surface area contributed by atoms with Crippen LogP contribution in [0.15, 0.2) is 89.0 Å². The lowest BCUT2D eigenvalue weighted by molar-refractivity contribution is -0.384. The number of thiophene rings is 1. The number of carbonyl (C=O) groups is 2. The van der Waals surface area contributed by atoms with Gasteiger partial charge in [-0.05, 0) is 68.7 Å². The second kappa shape index (κ2) is 15.2. The zero-order valence-corrected chi connectivity index (χ0v) is 25.9. The first-order valence-corrected chi connectivity index (χ1v) is 15.0. The van der Waals surface area contributed by atoms with Gasteiger partial charge in [-0.1, -0.05) is 18.2 Å². The highest BCUT2D eigenvalue weighted by Gasteiger charge is 2.38. The van der Waals surface area contributed by atoms with E-state index in [2.05, 4.69) is 34.6 Å². The second-order valence-electron chi connectivity index (χ2n) is 10.2. The number of benzene rings is 1. The van der Waals surface area contributed by atoms with E-state index in [-0.39, 0.29) is 36.7 Å². The molecule has 11 heteroatoms. The molecule has 1 N–H and O–H groups in total. The molecular weight excluding hydrogens is 582 g/mol. The summed E-state index contributed by atoms with van der Waals surface area (Å²) in [5.74, 6) is -2.19. The molecule has 4 rings (SSSR count). The molecule has 0 aliphatic carbocycles. The molecule has 230 valence electrons. The molecule has 0 amide bonds. The molecule has 1 aliphatic heterocycles. The van der Waals surface area contributed by atoms with Crippen LogP contribution in [0.5, 0.6) is 0 Å². The van der Waals surface area contributed by atoms with Gasteiger partial charge in [0.15, 0.2) is 0 Å². The number of aromatic nitrogens is 1. The minimum atomic E-state index is -0.914. The van der Waals surface area contributed by atoms with Crippen molar-refractivity contribution in [1.29, 1.82) is 0 Å². The molecule has 3 aromatic rings. The number of pyridine rings is 1. The number of allylic oxidation sites excluding steroid dienone is 2. The van der Waals surface area contributed by atoms with Crippen molar-refractivity contribution < 1.29 is 28.7 Å². The van der Waals surface area contributed by atoms with E-state index in [9.17, 15) is 19.7 Å². The van der Waals surface area contributed by atoms with E-state index in [0.29, 0.717) is 23.6 Å². The standard InChI is InChI=1S/C33H35N3O7S/c1-5-42-32(37)29-22(3)35-23(4)30(31(29)25-9-6-10-26(18-25)36(39)40)33(38)43-15-14-41-20-21(2)16-27-11-12-28(44-27)17-24-8-7-13-34-19-24/h6-13,16,18-19,31,35H,5,14-15,17,20H2,1-4H3/b21-16+. The number of rotatable bonds is 13. The van der Waals surface area contributed by atoms with Gasteiger partial charge < -0.3 is 19.5 Å². The molecule has 1 unspecified atom stereocenters. The van der Waals surface area contributed by atoms with E-state index in [1.54, 1.807) is 44.4 Å². The first kappa shape index (κ1) is 32.3. The number of dihydropyridines is 1. The van der Waals surface area contributed by atoms with Gasteiger partial charge in [0.1, 0.15) is 6.61 Å². The lowest BCUT2D eigenvalue weighted by Crippen LogP contribution is -2.32. The number of non-ortho nitro benzene ring substituents is 1. The zero-order chi connectivity index (χ0) is 31.6. The van der Waals surface area contributed by atoms with Crippen molar-refractivity contribution in [3.05, 3.63) is 120 Å². The third kappa shape index (κ3) is 8.27. The first-order valence-electron chi connectivity index (χ1n) is 14.2. The van der Waals surface area contributed by atoms with Gasteiger partial charge in [0, 0.05) is 52.1 Å². The average molecular weight is 618 g/mol. The molecule has 1 aliphatic rings. The predicted octanol–water partition coefficient (Wildman–Crippen LogP) is 6.10. The second-order valence-corrected chi connectivity index (χ2v) is 11.4. The molecule has 0 saturated carbocycles. The molecule has 3 heterocycles. The maximum atomic E-state index is 13.4. The minimum Gasteiger partial charge on any atom is -0.463 e. The van der Waals surface area contributed by atoms with Crippen molar-refractivity contribution in [2.75, 3.05) is 26.4 Å². The number of nitrogens with one attached hydrogen (secondary N) is 1. The van der Waals surface area contributed by atoms with Crippen molar-refractivity contribution in [2.45, 2.75) is 40.0 Å². The smallest absolute Gasteiger partial charge is 0.336 e. The van der Waals surface area contributed by atoms with Gasteiger partial charge in [-0.15, -0.1) is 11.3 Å². The van der Waals surface area contributed by atoms with Crippen LogP contribution in [0.3, 0.4) is 0 Å². The summed E-state index contributed by atoms with van der Waals surface area (Å²) >= 11 is 1.71. The van der Waals surface area contributed by atoms with Crippen molar-refractivity contribution in [1.82, 2.24) is 10.3 Å². The third-order valence-corrected chi connectivity index (χ3v) is 7.89. The monoisotopic (exact) mass is 617 g/mol. The van der Waals surface area contributed by atoms with E-state index < -0.39 is 22.8 Å². The Morgan fingerprint density at radius 1 is 1.05 bits per heavy atom. The van der Waals surface area contributed by atoms with Gasteiger partial charge in [0.05, 0.1) is 41.8 Å². The fraction of sp³-hybridized carbons (Fsp3) is 0.303. The van der Waals surface area contributed by atoms with E-state index in [4.69, 9.17) is 14.2 Å². The van der Waals surface area contributed by atoms with Gasteiger partial charge in [0.2, 0.25) is 0 Å². The topological polar surface area (TPSA) is 130 Å². The number of esters is 2. The molecule has 0 bridgehead atoms. The third-order valence-electron chi connectivity index (χ3n) is 6.85. The van der Waals surface area contributed by atoms with Gasteiger partial charge in [0.25, 0.3) is 5.69 Å². The van der Waals surface area contributed by atoms with Crippen LogP contribution in [0.25, 0.3) is 6.08 Å². The minimum absolute atomic E-state index is 0.0176. The Bertz CT molecular complexity index is 1610. The quantitative estimate of drug-likeness (QED) is 0.105. The summed E-state index contributed by atoms with van der Waals surface area (Å²) in [6.07, 6.45) is 6.53. The summed E-state index contributed by atoms with van der Waals surface area (Å²) in [7, 11) is 0. The summed E-state index contributed by atoms with van der Waals surface area (Å²) in [6.45, 7) is 7.69. The number of nitrogens with zero attached hydrogens (tertiary/aromatic N) is 2. The van der Waals surface area contributed by atoms with Gasteiger partial charge >= 0.3 is 11.9 Å². The summed E-state index contributed by atoms with van der Waals surface area (Å²) in [5, 5.41) is 14.6. The van der Waals surface area contributed by atoms with Crippen LogP contribution < -0.4 is 5.32 Å². The molecule has 2 aromatic heterocycles. The highest BCUT2D eigenvalue weighted by atomic mass is 32.1. The van der Waals surface area contributed by atoms with Crippen molar-refractivity contribution in [3.8, 4) is 0 Å². The van der Waals surface area contributed by atoms with E-state index in [1.165, 1.54) is 23.1 Å². The van der Waals surface area contributed by atoms with Gasteiger partial charge in [-0.3, -0.25) is 15.1 Å². The van der Waals surface area contributed by atoms with Crippen LogP contribution in [0.2, 0.25) is 0 Å². The number of hydrogen-bond acceptors (Lipinski definition) is 10. The zero-order valence-electron chi connectivity index (χ0n) is 25.1. The Hall–Kier alpha value is -4.61. The number of nitro groups is 1. The molecule has 0 saturated heterocycles. The summed E-state index contributed by atoms with van der Waals surface area (Å²) in [4.78, 5) is 43.9. The molecule has 0 spiro atoms. The maximum Gasteiger partial charge on any atom is 0.336 e. The van der Waals surface area contributed by atoms with Crippen molar-refractivity contribution in [2.24, 2.45) is 0 Å².